The minimum absolute atomic E-state index is 0.109. The van der Waals surface area contributed by atoms with Gasteiger partial charge >= 0.3 is 11.9 Å². The van der Waals surface area contributed by atoms with Crippen molar-refractivity contribution in [2.24, 2.45) is 29.1 Å². The van der Waals surface area contributed by atoms with E-state index < -0.39 is 63.7 Å². The van der Waals surface area contributed by atoms with Crippen LogP contribution in [-0.4, -0.2) is 62.6 Å². The normalized spacial score (nSPS) is 36.8. The number of ketones is 1. The third-order valence-electron chi connectivity index (χ3n) is 11.5. The highest BCUT2D eigenvalue weighted by molar-refractivity contribution is 6.05. The predicted octanol–water partition coefficient (Wildman–Crippen LogP) is 5.75. The Morgan fingerprint density at radius 3 is 2.07 bits per heavy atom. The maximum Gasteiger partial charge on any atom is 0.306 e. The van der Waals surface area contributed by atoms with Gasteiger partial charge in [0, 0.05) is 42.9 Å². The van der Waals surface area contributed by atoms with Crippen LogP contribution in [0.25, 0.3) is 0 Å². The van der Waals surface area contributed by atoms with Crippen molar-refractivity contribution in [3.8, 4) is 0 Å². The zero-order valence-electron chi connectivity index (χ0n) is 27.8. The molecule has 2 saturated carbocycles. The lowest BCUT2D eigenvalue weighted by Gasteiger charge is -2.54. The van der Waals surface area contributed by atoms with Crippen molar-refractivity contribution in [2.75, 3.05) is 6.61 Å². The van der Waals surface area contributed by atoms with Crippen molar-refractivity contribution < 1.29 is 39.2 Å². The van der Waals surface area contributed by atoms with Crippen molar-refractivity contribution in [1.82, 2.24) is 0 Å². The van der Waals surface area contributed by atoms with Crippen LogP contribution in [0.3, 0.4) is 0 Å². The summed E-state index contributed by atoms with van der Waals surface area (Å²) < 4.78 is 12.4. The molecule has 8 atom stereocenters. The van der Waals surface area contributed by atoms with E-state index in [1.807, 2.05) is 19.9 Å². The lowest BCUT2D eigenvalue weighted by molar-refractivity contribution is -0.234. The highest BCUT2D eigenvalue weighted by atomic mass is 16.6. The molecule has 0 unspecified atom stereocenters. The quantitative estimate of drug-likeness (QED) is 0.120. The lowest BCUT2D eigenvalue weighted by atomic mass is 9.58. The van der Waals surface area contributed by atoms with E-state index in [0.717, 1.165) is 19.3 Å². The van der Waals surface area contributed by atoms with E-state index in [1.54, 1.807) is 19.9 Å². The summed E-state index contributed by atoms with van der Waals surface area (Å²) in [6.45, 7) is 10.4. The number of esters is 2. The Hall–Kier alpha value is -2.03. The largest absolute Gasteiger partial charge is 0.457 e. The summed E-state index contributed by atoms with van der Waals surface area (Å²) >= 11 is 0. The van der Waals surface area contributed by atoms with E-state index in [0.29, 0.717) is 11.1 Å². The molecule has 0 bridgehead atoms. The molecule has 4 rings (SSSR count). The second-order valence-corrected chi connectivity index (χ2v) is 14.7. The van der Waals surface area contributed by atoms with Crippen LogP contribution in [-0.2, 0) is 23.9 Å². The molecule has 0 aromatic carbocycles. The Morgan fingerprint density at radius 2 is 1.52 bits per heavy atom. The molecule has 8 nitrogen and oxygen atoms in total. The number of rotatable bonds is 15. The van der Waals surface area contributed by atoms with Crippen LogP contribution in [0.5, 0.6) is 0 Å². The van der Waals surface area contributed by atoms with Crippen LogP contribution in [0.2, 0.25) is 0 Å². The van der Waals surface area contributed by atoms with E-state index in [2.05, 4.69) is 6.92 Å². The molecule has 0 aromatic heterocycles. The average molecular weight is 617 g/mol. The fourth-order valence-electron chi connectivity index (χ4n) is 9.29. The smallest absolute Gasteiger partial charge is 0.306 e. The molecule has 248 valence electrons. The van der Waals surface area contributed by atoms with E-state index in [1.165, 1.54) is 58.3 Å². The fourth-order valence-corrected chi connectivity index (χ4v) is 9.29. The van der Waals surface area contributed by atoms with Crippen molar-refractivity contribution in [3.63, 3.8) is 0 Å². The lowest BCUT2D eigenvalue weighted by Crippen LogP contribution is -2.67. The molecule has 4 aliphatic rings. The molecule has 0 heterocycles. The number of carbonyl (C=O) groups excluding carboxylic acids is 3. The number of aliphatic hydroxyl groups is 3. The summed E-state index contributed by atoms with van der Waals surface area (Å²) in [5, 5.41) is 34.2. The number of aliphatic hydroxyl groups excluding tert-OH is 2. The van der Waals surface area contributed by atoms with Gasteiger partial charge in [-0.15, -0.1) is 0 Å². The first-order valence-electron chi connectivity index (χ1n) is 17.1. The number of Topliss-reactive ketones (excluding diaryl/α,β-unsaturated/α-hetero) is 1. The minimum Gasteiger partial charge on any atom is -0.457 e. The first-order chi connectivity index (χ1) is 20.7. The number of ether oxygens (including phenoxy) is 2. The molecule has 3 N–H and O–H groups in total. The highest BCUT2D eigenvalue weighted by Crippen LogP contribution is 2.77. The van der Waals surface area contributed by atoms with E-state index >= 15 is 0 Å². The molecule has 0 aromatic rings. The van der Waals surface area contributed by atoms with E-state index in [4.69, 9.17) is 9.47 Å². The molecule has 0 amide bonds. The first-order valence-corrected chi connectivity index (χ1v) is 17.1. The molecule has 0 radical (unpaired) electrons. The average Bonchev–Trinajstić information content (AvgIpc) is 3.40. The Labute approximate surface area is 263 Å². The van der Waals surface area contributed by atoms with Gasteiger partial charge in [-0.2, -0.15) is 0 Å². The number of fused-ring (bicyclic) bond motifs is 5. The fraction of sp³-hybridized carbons (Fsp3) is 0.806. The summed E-state index contributed by atoms with van der Waals surface area (Å²) in [5.41, 5.74) is -4.53. The van der Waals surface area contributed by atoms with Gasteiger partial charge in [0.05, 0.1) is 12.5 Å². The van der Waals surface area contributed by atoms with Crippen LogP contribution < -0.4 is 0 Å². The molecule has 0 spiro atoms. The van der Waals surface area contributed by atoms with Gasteiger partial charge < -0.3 is 24.8 Å². The van der Waals surface area contributed by atoms with Gasteiger partial charge in [0.2, 0.25) is 0 Å². The summed E-state index contributed by atoms with van der Waals surface area (Å²) in [6, 6.07) is 0. The van der Waals surface area contributed by atoms with Crippen LogP contribution in [0.15, 0.2) is 23.3 Å². The van der Waals surface area contributed by atoms with Crippen LogP contribution in [0.1, 0.15) is 125 Å². The Kier molecular flexibility index (Phi) is 10.6. The van der Waals surface area contributed by atoms with Crippen molar-refractivity contribution in [1.29, 1.82) is 0 Å². The topological polar surface area (TPSA) is 130 Å². The van der Waals surface area contributed by atoms with Gasteiger partial charge in [0.1, 0.15) is 22.9 Å². The monoisotopic (exact) mass is 616 g/mol. The molecule has 8 heteroatoms. The van der Waals surface area contributed by atoms with Gasteiger partial charge in [-0.05, 0) is 24.5 Å². The number of carbonyl (C=O) groups is 3. The number of unbranched alkanes of at least 4 members (excludes halogenated alkanes) is 10. The second-order valence-electron chi connectivity index (χ2n) is 14.7. The third kappa shape index (κ3) is 5.72. The van der Waals surface area contributed by atoms with E-state index in [-0.39, 0.29) is 25.4 Å². The standard InChI is InChI=1S/C36H56O8/c1-7-8-9-10-11-12-13-14-15-16-17-18-29(39)44-36-30(33(36,5)6)27-20-26(22-37)21-34(42)28(19-23(2)31(34)40)35(27,43-25(4)38)24(3)32(36)41/h19-20,24,27-28,30,32,37,41-42H,7-18,21-22H2,1-6H3/t24-,27+,28-,30-,32-,34-,35-,36-/m1/s1. The van der Waals surface area contributed by atoms with Crippen molar-refractivity contribution >= 4 is 17.7 Å². The summed E-state index contributed by atoms with van der Waals surface area (Å²) in [4.78, 5) is 39.4. The summed E-state index contributed by atoms with van der Waals surface area (Å²) in [6.07, 6.45) is 15.4. The van der Waals surface area contributed by atoms with Gasteiger partial charge in [0.25, 0.3) is 0 Å². The molecule has 44 heavy (non-hydrogen) atoms. The maximum atomic E-state index is 13.3. The first kappa shape index (κ1) is 34.8. The highest BCUT2D eigenvalue weighted by Gasteiger charge is 2.87. The van der Waals surface area contributed by atoms with Gasteiger partial charge in [-0.1, -0.05) is 104 Å². The van der Waals surface area contributed by atoms with Crippen LogP contribution >= 0.6 is 0 Å². The van der Waals surface area contributed by atoms with Crippen molar-refractivity contribution in [3.05, 3.63) is 23.3 Å². The van der Waals surface area contributed by atoms with Crippen molar-refractivity contribution in [2.45, 2.75) is 148 Å². The minimum atomic E-state index is -1.93. The van der Waals surface area contributed by atoms with Crippen LogP contribution in [0, 0.1) is 29.1 Å². The summed E-state index contributed by atoms with van der Waals surface area (Å²) in [7, 11) is 0. The zero-order valence-corrected chi connectivity index (χ0v) is 27.8. The summed E-state index contributed by atoms with van der Waals surface area (Å²) in [5.74, 6) is -4.25. The van der Waals surface area contributed by atoms with Gasteiger partial charge in [-0.25, -0.2) is 0 Å². The zero-order chi connectivity index (χ0) is 32.5. The Balaban J connectivity index is 1.50. The molecule has 0 aliphatic heterocycles. The SMILES string of the molecule is CCCCCCCCCCCCCC(=O)O[C@@]12[C@H](O)[C@@H](C)[C@@]3(OC(C)=O)[C@@H](C=C(CO)C[C@]4(O)C(=O)C(C)=C[C@@H]34)[C@@H]1C2(C)C. The molecular weight excluding hydrogens is 560 g/mol. The predicted molar refractivity (Wildman–Crippen MR) is 167 cm³/mol. The molecule has 0 saturated heterocycles. The molecule has 2 fully saturated rings. The number of hydrogen-bond acceptors (Lipinski definition) is 8. The van der Waals surface area contributed by atoms with Crippen LogP contribution in [0.4, 0.5) is 0 Å². The third-order valence-corrected chi connectivity index (χ3v) is 11.5. The maximum absolute atomic E-state index is 13.3. The second kappa shape index (κ2) is 13.4. The number of hydrogen-bond donors (Lipinski definition) is 3. The Bertz CT molecular complexity index is 1150. The molecular formula is C36H56O8. The van der Waals surface area contributed by atoms with Gasteiger partial charge in [0.15, 0.2) is 5.78 Å². The Morgan fingerprint density at radius 1 is 0.955 bits per heavy atom. The molecule has 4 aliphatic carbocycles. The van der Waals surface area contributed by atoms with E-state index in [9.17, 15) is 29.7 Å². The van der Waals surface area contributed by atoms with Gasteiger partial charge in [-0.3, -0.25) is 14.4 Å².